The molecule has 1 aliphatic carbocycles. The maximum atomic E-state index is 13.1. The molecule has 0 spiro atoms. The van der Waals surface area contributed by atoms with E-state index in [1.165, 1.54) is 12.8 Å². The summed E-state index contributed by atoms with van der Waals surface area (Å²) in [6.45, 7) is 6.19. The first-order valence-corrected chi connectivity index (χ1v) is 9.05. The van der Waals surface area contributed by atoms with E-state index in [-0.39, 0.29) is 17.9 Å². The fraction of sp³-hybridized carbons (Fsp3) is 0.722. The van der Waals surface area contributed by atoms with Gasteiger partial charge in [0, 0.05) is 12.6 Å². The third kappa shape index (κ3) is 2.82. The molecule has 132 valence electrons. The van der Waals surface area contributed by atoms with Gasteiger partial charge in [0.1, 0.15) is 16.9 Å². The summed E-state index contributed by atoms with van der Waals surface area (Å²) < 4.78 is 5.21. The molecule has 0 unspecified atom stereocenters. The summed E-state index contributed by atoms with van der Waals surface area (Å²) in [6, 6.07) is 0.260. The molecule has 1 aromatic heterocycles. The lowest BCUT2D eigenvalue weighted by molar-refractivity contribution is -0.130. The molecule has 3 rings (SSSR count). The van der Waals surface area contributed by atoms with Crippen LogP contribution in [0.25, 0.3) is 0 Å². The molecule has 2 heterocycles. The minimum Gasteiger partial charge on any atom is -0.361 e. The highest BCUT2D eigenvalue weighted by molar-refractivity contribution is 6.01. The summed E-state index contributed by atoms with van der Waals surface area (Å²) in [4.78, 5) is 27.7. The molecule has 0 aromatic carbocycles. The summed E-state index contributed by atoms with van der Waals surface area (Å²) in [7, 11) is 0. The molecular weight excluding hydrogens is 306 g/mol. The Bertz CT molecular complexity index is 633. The largest absolute Gasteiger partial charge is 0.361 e. The van der Waals surface area contributed by atoms with Crippen molar-refractivity contribution in [2.45, 2.75) is 77.3 Å². The molecule has 2 amide bonds. The molecule has 0 bridgehead atoms. The molecule has 1 saturated carbocycles. The SMILES string of the molecule is CCc1noc(C)c1C(=O)N1CCC[C@]1(C)C(=O)NC1CCCC1. The van der Waals surface area contributed by atoms with Crippen molar-refractivity contribution >= 4 is 11.8 Å². The zero-order valence-corrected chi connectivity index (χ0v) is 14.9. The van der Waals surface area contributed by atoms with E-state index < -0.39 is 5.54 Å². The smallest absolute Gasteiger partial charge is 0.260 e. The molecule has 1 saturated heterocycles. The van der Waals surface area contributed by atoms with Gasteiger partial charge in [-0.1, -0.05) is 24.9 Å². The van der Waals surface area contributed by atoms with Crippen molar-refractivity contribution in [3.8, 4) is 0 Å². The molecule has 1 aromatic rings. The Hall–Kier alpha value is -1.85. The number of amides is 2. The van der Waals surface area contributed by atoms with Crippen LogP contribution in [0.2, 0.25) is 0 Å². The van der Waals surface area contributed by atoms with Crippen LogP contribution in [0.15, 0.2) is 4.52 Å². The summed E-state index contributed by atoms with van der Waals surface area (Å²) in [5.41, 5.74) is 0.413. The number of aromatic nitrogens is 1. The predicted molar refractivity (Wildman–Crippen MR) is 89.7 cm³/mol. The summed E-state index contributed by atoms with van der Waals surface area (Å²) in [5.74, 6) is 0.377. The van der Waals surface area contributed by atoms with Crippen molar-refractivity contribution in [2.75, 3.05) is 6.54 Å². The van der Waals surface area contributed by atoms with Crippen LogP contribution in [0.5, 0.6) is 0 Å². The first kappa shape index (κ1) is 17.0. The topological polar surface area (TPSA) is 75.4 Å². The first-order chi connectivity index (χ1) is 11.5. The van der Waals surface area contributed by atoms with Crippen LogP contribution in [0.3, 0.4) is 0 Å². The van der Waals surface area contributed by atoms with E-state index in [0.29, 0.717) is 36.4 Å². The van der Waals surface area contributed by atoms with Crippen molar-refractivity contribution in [1.82, 2.24) is 15.4 Å². The number of nitrogens with zero attached hydrogens (tertiary/aromatic N) is 2. The second-order valence-corrected chi connectivity index (χ2v) is 7.20. The Morgan fingerprint density at radius 2 is 2.04 bits per heavy atom. The fourth-order valence-corrected chi connectivity index (χ4v) is 4.00. The van der Waals surface area contributed by atoms with Gasteiger partial charge in [-0.25, -0.2) is 0 Å². The second kappa shape index (κ2) is 6.57. The van der Waals surface area contributed by atoms with E-state index in [2.05, 4.69) is 10.5 Å². The average Bonchev–Trinajstić information content (AvgIpc) is 3.27. The Morgan fingerprint density at radius 1 is 1.33 bits per heavy atom. The van der Waals surface area contributed by atoms with Crippen LogP contribution in [0, 0.1) is 6.92 Å². The quantitative estimate of drug-likeness (QED) is 0.919. The van der Waals surface area contributed by atoms with Crippen LogP contribution in [-0.2, 0) is 11.2 Å². The number of hydrogen-bond donors (Lipinski definition) is 1. The average molecular weight is 333 g/mol. The number of aryl methyl sites for hydroxylation is 2. The van der Waals surface area contributed by atoms with Gasteiger partial charge in [-0.3, -0.25) is 9.59 Å². The standard InChI is InChI=1S/C18H27N3O3/c1-4-14-15(12(2)24-20-14)16(22)21-11-7-10-18(21,3)17(23)19-13-8-5-6-9-13/h13H,4-11H2,1-3H3,(H,19,23)/t18-/m1/s1. The van der Waals surface area contributed by atoms with Gasteiger partial charge >= 0.3 is 0 Å². The number of hydrogen-bond acceptors (Lipinski definition) is 4. The van der Waals surface area contributed by atoms with E-state index in [9.17, 15) is 9.59 Å². The lowest BCUT2D eigenvalue weighted by atomic mass is 9.96. The van der Waals surface area contributed by atoms with E-state index in [1.54, 1.807) is 11.8 Å². The lowest BCUT2D eigenvalue weighted by Crippen LogP contribution is -2.57. The van der Waals surface area contributed by atoms with Crippen molar-refractivity contribution in [2.24, 2.45) is 0 Å². The molecular formula is C18H27N3O3. The molecule has 24 heavy (non-hydrogen) atoms. The number of likely N-dealkylation sites (tertiary alicyclic amines) is 1. The molecule has 1 atom stereocenters. The normalized spacial score (nSPS) is 24.5. The minimum absolute atomic E-state index is 0.0209. The van der Waals surface area contributed by atoms with E-state index in [4.69, 9.17) is 4.52 Å². The summed E-state index contributed by atoms with van der Waals surface area (Å²) >= 11 is 0. The van der Waals surface area contributed by atoms with Gasteiger partial charge in [-0.2, -0.15) is 0 Å². The number of nitrogens with one attached hydrogen (secondary N) is 1. The van der Waals surface area contributed by atoms with Gasteiger partial charge < -0.3 is 14.7 Å². The Balaban J connectivity index is 1.82. The van der Waals surface area contributed by atoms with Gasteiger partial charge in [0.2, 0.25) is 5.91 Å². The Morgan fingerprint density at radius 3 is 2.71 bits per heavy atom. The van der Waals surface area contributed by atoms with Crippen LogP contribution in [0.4, 0.5) is 0 Å². The monoisotopic (exact) mass is 333 g/mol. The first-order valence-electron chi connectivity index (χ1n) is 9.05. The highest BCUT2D eigenvalue weighted by atomic mass is 16.5. The Labute approximate surface area is 142 Å². The van der Waals surface area contributed by atoms with E-state index >= 15 is 0 Å². The van der Waals surface area contributed by atoms with Crippen molar-refractivity contribution in [3.63, 3.8) is 0 Å². The van der Waals surface area contributed by atoms with Crippen LogP contribution >= 0.6 is 0 Å². The van der Waals surface area contributed by atoms with Crippen molar-refractivity contribution < 1.29 is 14.1 Å². The highest BCUT2D eigenvalue weighted by Gasteiger charge is 2.47. The van der Waals surface area contributed by atoms with Gasteiger partial charge in [0.15, 0.2) is 0 Å². The molecule has 2 aliphatic rings. The number of carbonyl (C=O) groups is 2. The maximum Gasteiger partial charge on any atom is 0.260 e. The third-order valence-electron chi connectivity index (χ3n) is 5.55. The maximum absolute atomic E-state index is 13.1. The van der Waals surface area contributed by atoms with Gasteiger partial charge in [0.05, 0.1) is 5.69 Å². The third-order valence-corrected chi connectivity index (χ3v) is 5.55. The zero-order chi connectivity index (χ0) is 17.3. The van der Waals surface area contributed by atoms with Gasteiger partial charge in [0.25, 0.3) is 5.91 Å². The highest BCUT2D eigenvalue weighted by Crippen LogP contribution is 2.33. The van der Waals surface area contributed by atoms with Crippen LogP contribution in [0.1, 0.15) is 74.2 Å². The summed E-state index contributed by atoms with van der Waals surface area (Å²) in [5, 5.41) is 7.14. The van der Waals surface area contributed by atoms with Gasteiger partial charge in [-0.05, 0) is 46.0 Å². The molecule has 2 fully saturated rings. The lowest BCUT2D eigenvalue weighted by Gasteiger charge is -2.35. The predicted octanol–water partition coefficient (Wildman–Crippen LogP) is 2.60. The molecule has 0 radical (unpaired) electrons. The van der Waals surface area contributed by atoms with Gasteiger partial charge in [-0.15, -0.1) is 0 Å². The molecule has 6 heteroatoms. The van der Waals surface area contributed by atoms with E-state index in [0.717, 1.165) is 19.3 Å². The van der Waals surface area contributed by atoms with Crippen molar-refractivity contribution in [1.29, 1.82) is 0 Å². The minimum atomic E-state index is -0.783. The fourth-order valence-electron chi connectivity index (χ4n) is 4.00. The van der Waals surface area contributed by atoms with Crippen LogP contribution < -0.4 is 5.32 Å². The zero-order valence-electron chi connectivity index (χ0n) is 14.9. The molecule has 1 aliphatic heterocycles. The Kier molecular flexibility index (Phi) is 4.65. The van der Waals surface area contributed by atoms with E-state index in [1.807, 2.05) is 13.8 Å². The number of carbonyl (C=O) groups excluding carboxylic acids is 2. The summed E-state index contributed by atoms with van der Waals surface area (Å²) in [6.07, 6.45) is 6.60. The molecule has 6 nitrogen and oxygen atoms in total. The number of rotatable bonds is 4. The van der Waals surface area contributed by atoms with Crippen molar-refractivity contribution in [3.05, 3.63) is 17.0 Å². The second-order valence-electron chi connectivity index (χ2n) is 7.20. The molecule has 1 N–H and O–H groups in total. The van der Waals surface area contributed by atoms with Crippen LogP contribution in [-0.4, -0.2) is 40.0 Å².